The summed E-state index contributed by atoms with van der Waals surface area (Å²) in [6.07, 6.45) is 2.49. The van der Waals surface area contributed by atoms with Crippen LogP contribution < -0.4 is 4.74 Å². The standard InChI is InChI=1S/C14H11BrClNO3/c15-10-3-8-1-2-20-13(8)9(4-10)6-17-7-11(16)5-12(17)14(18)19/h3-5,7H,1-2,6H2,(H,18,19). The van der Waals surface area contributed by atoms with Gasteiger partial charge in [0.2, 0.25) is 0 Å². The quantitative estimate of drug-likeness (QED) is 0.914. The molecule has 0 saturated heterocycles. The van der Waals surface area contributed by atoms with Crippen molar-refractivity contribution in [2.24, 2.45) is 0 Å². The van der Waals surface area contributed by atoms with Crippen molar-refractivity contribution < 1.29 is 14.6 Å². The van der Waals surface area contributed by atoms with Gasteiger partial charge >= 0.3 is 5.97 Å². The topological polar surface area (TPSA) is 51.5 Å². The molecule has 2 aromatic rings. The molecule has 0 amide bonds. The van der Waals surface area contributed by atoms with E-state index in [2.05, 4.69) is 15.9 Å². The van der Waals surface area contributed by atoms with Gasteiger partial charge < -0.3 is 14.4 Å². The number of nitrogens with zero attached hydrogens (tertiary/aromatic N) is 1. The smallest absolute Gasteiger partial charge is 0.352 e. The molecule has 0 atom stereocenters. The molecule has 2 heterocycles. The molecule has 1 aromatic heterocycles. The molecule has 0 fully saturated rings. The minimum atomic E-state index is -0.996. The van der Waals surface area contributed by atoms with Crippen LogP contribution >= 0.6 is 27.5 Å². The number of ether oxygens (including phenoxy) is 1. The lowest BCUT2D eigenvalue weighted by Gasteiger charge is -2.11. The van der Waals surface area contributed by atoms with E-state index in [0.717, 1.165) is 27.8 Å². The van der Waals surface area contributed by atoms with Crippen molar-refractivity contribution >= 4 is 33.5 Å². The van der Waals surface area contributed by atoms with E-state index in [9.17, 15) is 9.90 Å². The highest BCUT2D eigenvalue weighted by Gasteiger charge is 2.19. The maximum absolute atomic E-state index is 11.2. The number of rotatable bonds is 3. The number of aromatic carboxylic acids is 1. The van der Waals surface area contributed by atoms with Crippen molar-refractivity contribution in [3.63, 3.8) is 0 Å². The molecule has 0 radical (unpaired) electrons. The van der Waals surface area contributed by atoms with Gasteiger partial charge in [-0.1, -0.05) is 27.5 Å². The SMILES string of the molecule is O=C(O)c1cc(Cl)cn1Cc1cc(Br)cc2c1OCC2. The van der Waals surface area contributed by atoms with Crippen LogP contribution in [0.5, 0.6) is 5.75 Å². The van der Waals surface area contributed by atoms with E-state index < -0.39 is 5.97 Å². The summed E-state index contributed by atoms with van der Waals surface area (Å²) in [5.41, 5.74) is 2.26. The van der Waals surface area contributed by atoms with Gasteiger partial charge in [-0.05, 0) is 23.8 Å². The molecule has 6 heteroatoms. The number of hydrogen-bond acceptors (Lipinski definition) is 2. The van der Waals surface area contributed by atoms with Crippen LogP contribution in [0.1, 0.15) is 21.6 Å². The summed E-state index contributed by atoms with van der Waals surface area (Å²) in [7, 11) is 0. The summed E-state index contributed by atoms with van der Waals surface area (Å²) in [6.45, 7) is 1.08. The van der Waals surface area contributed by atoms with Gasteiger partial charge in [0, 0.05) is 22.7 Å². The number of hydrogen-bond donors (Lipinski definition) is 1. The molecule has 0 unspecified atom stereocenters. The fraction of sp³-hybridized carbons (Fsp3) is 0.214. The van der Waals surface area contributed by atoms with E-state index in [4.69, 9.17) is 16.3 Å². The molecule has 0 saturated carbocycles. The molecule has 1 aliphatic rings. The molecule has 0 bridgehead atoms. The summed E-state index contributed by atoms with van der Waals surface area (Å²) in [5.74, 6) is -0.140. The Hall–Kier alpha value is -1.46. The maximum Gasteiger partial charge on any atom is 0.352 e. The first-order valence-corrected chi connectivity index (χ1v) is 7.25. The second-order valence-corrected chi connectivity index (χ2v) is 5.98. The van der Waals surface area contributed by atoms with Gasteiger partial charge in [-0.15, -0.1) is 0 Å². The third-order valence-corrected chi connectivity index (χ3v) is 3.91. The van der Waals surface area contributed by atoms with Crippen LogP contribution in [0.25, 0.3) is 0 Å². The predicted molar refractivity (Wildman–Crippen MR) is 78.8 cm³/mol. The number of carboxylic acids is 1. The molecule has 104 valence electrons. The summed E-state index contributed by atoms with van der Waals surface area (Å²) in [5, 5.41) is 9.60. The molecule has 1 aliphatic heterocycles. The van der Waals surface area contributed by atoms with Crippen molar-refractivity contribution in [2.45, 2.75) is 13.0 Å². The van der Waals surface area contributed by atoms with Gasteiger partial charge in [-0.2, -0.15) is 0 Å². The predicted octanol–water partition coefficient (Wildman–Crippen LogP) is 3.59. The monoisotopic (exact) mass is 355 g/mol. The van der Waals surface area contributed by atoms with Crippen LogP contribution in [0.4, 0.5) is 0 Å². The van der Waals surface area contributed by atoms with Gasteiger partial charge in [-0.3, -0.25) is 0 Å². The number of benzene rings is 1. The zero-order chi connectivity index (χ0) is 14.3. The molecular formula is C14H11BrClNO3. The first-order chi connectivity index (χ1) is 9.54. The highest BCUT2D eigenvalue weighted by molar-refractivity contribution is 9.10. The van der Waals surface area contributed by atoms with Crippen molar-refractivity contribution in [3.8, 4) is 5.75 Å². The fourth-order valence-electron chi connectivity index (χ4n) is 2.43. The van der Waals surface area contributed by atoms with Gasteiger partial charge in [0.25, 0.3) is 0 Å². The van der Waals surface area contributed by atoms with Crippen LogP contribution in [0, 0.1) is 0 Å². The highest BCUT2D eigenvalue weighted by Crippen LogP contribution is 2.34. The Morgan fingerprint density at radius 3 is 3.00 bits per heavy atom. The molecular weight excluding hydrogens is 346 g/mol. The van der Waals surface area contributed by atoms with Crippen molar-refractivity contribution in [1.29, 1.82) is 0 Å². The highest BCUT2D eigenvalue weighted by atomic mass is 79.9. The van der Waals surface area contributed by atoms with Crippen molar-refractivity contribution in [1.82, 2.24) is 4.57 Å². The molecule has 0 aliphatic carbocycles. The summed E-state index contributed by atoms with van der Waals surface area (Å²) in [6, 6.07) is 5.43. The van der Waals surface area contributed by atoms with E-state index in [1.165, 1.54) is 6.07 Å². The van der Waals surface area contributed by atoms with E-state index >= 15 is 0 Å². The fourth-order valence-corrected chi connectivity index (χ4v) is 3.21. The Labute approximate surface area is 129 Å². The van der Waals surface area contributed by atoms with Crippen molar-refractivity contribution in [3.05, 3.63) is 50.7 Å². The lowest BCUT2D eigenvalue weighted by atomic mass is 10.1. The van der Waals surface area contributed by atoms with Crippen LogP contribution in [-0.4, -0.2) is 22.2 Å². The van der Waals surface area contributed by atoms with Crippen LogP contribution in [0.3, 0.4) is 0 Å². The summed E-state index contributed by atoms with van der Waals surface area (Å²) >= 11 is 9.37. The third-order valence-electron chi connectivity index (χ3n) is 3.25. The van der Waals surface area contributed by atoms with Gasteiger partial charge in [0.1, 0.15) is 11.4 Å². The van der Waals surface area contributed by atoms with E-state index in [0.29, 0.717) is 18.2 Å². The normalized spacial score (nSPS) is 13.1. The van der Waals surface area contributed by atoms with Crippen LogP contribution in [0.15, 0.2) is 28.9 Å². The Balaban J connectivity index is 2.02. The average Bonchev–Trinajstić information content (AvgIpc) is 2.95. The molecule has 1 aromatic carbocycles. The zero-order valence-corrected chi connectivity index (χ0v) is 12.7. The number of carbonyl (C=O) groups is 1. The Bertz CT molecular complexity index is 696. The first-order valence-electron chi connectivity index (χ1n) is 6.07. The molecule has 20 heavy (non-hydrogen) atoms. The second kappa shape index (κ2) is 5.14. The minimum Gasteiger partial charge on any atom is -0.493 e. The zero-order valence-electron chi connectivity index (χ0n) is 10.4. The van der Waals surface area contributed by atoms with Gasteiger partial charge in [-0.25, -0.2) is 4.79 Å². The van der Waals surface area contributed by atoms with E-state index in [-0.39, 0.29) is 5.69 Å². The maximum atomic E-state index is 11.2. The second-order valence-electron chi connectivity index (χ2n) is 4.63. The Morgan fingerprint density at radius 1 is 1.45 bits per heavy atom. The molecule has 3 rings (SSSR count). The molecule has 0 spiro atoms. The first kappa shape index (κ1) is 13.5. The Morgan fingerprint density at radius 2 is 2.25 bits per heavy atom. The number of halogens is 2. The largest absolute Gasteiger partial charge is 0.493 e. The minimum absolute atomic E-state index is 0.168. The molecule has 1 N–H and O–H groups in total. The van der Waals surface area contributed by atoms with Gasteiger partial charge in [0.05, 0.1) is 18.2 Å². The number of carboxylic acid groups (broad SMARTS) is 1. The van der Waals surface area contributed by atoms with Crippen molar-refractivity contribution in [2.75, 3.05) is 6.61 Å². The molecule has 4 nitrogen and oxygen atoms in total. The third kappa shape index (κ3) is 2.43. The summed E-state index contributed by atoms with van der Waals surface area (Å²) in [4.78, 5) is 11.2. The van der Waals surface area contributed by atoms with Gasteiger partial charge in [0.15, 0.2) is 0 Å². The van der Waals surface area contributed by atoms with E-state index in [1.807, 2.05) is 12.1 Å². The lowest BCUT2D eigenvalue weighted by molar-refractivity contribution is 0.0685. The van der Waals surface area contributed by atoms with E-state index in [1.54, 1.807) is 10.8 Å². The average molecular weight is 357 g/mol. The Kier molecular flexibility index (Phi) is 3.48. The number of aromatic nitrogens is 1. The van der Waals surface area contributed by atoms with Crippen LogP contribution in [0.2, 0.25) is 5.02 Å². The lowest BCUT2D eigenvalue weighted by Crippen LogP contribution is -2.09. The summed E-state index contributed by atoms with van der Waals surface area (Å²) < 4.78 is 8.23. The van der Waals surface area contributed by atoms with Crippen LogP contribution in [-0.2, 0) is 13.0 Å². The number of fused-ring (bicyclic) bond motifs is 1.